The zero-order valence-corrected chi connectivity index (χ0v) is 17.8. The average molecular weight is 420 g/mol. The third-order valence-electron chi connectivity index (χ3n) is 6.62. The molecule has 1 aliphatic heterocycles. The quantitative estimate of drug-likeness (QED) is 0.703. The highest BCUT2D eigenvalue weighted by atomic mass is 16.2. The van der Waals surface area contributed by atoms with Crippen molar-refractivity contribution in [2.75, 3.05) is 6.54 Å². The van der Waals surface area contributed by atoms with E-state index in [1.54, 1.807) is 0 Å². The van der Waals surface area contributed by atoms with Crippen LogP contribution in [0, 0.1) is 5.92 Å². The largest absolute Gasteiger partial charge is 0.347 e. The molecule has 2 aromatic carbocycles. The fourth-order valence-electron chi connectivity index (χ4n) is 4.81. The minimum Gasteiger partial charge on any atom is -0.347 e. The van der Waals surface area contributed by atoms with Crippen LogP contribution in [-0.2, 0) is 16.0 Å². The lowest BCUT2D eigenvalue weighted by atomic mass is 9.73. The first-order chi connectivity index (χ1) is 15.0. The first kappa shape index (κ1) is 21.1. The van der Waals surface area contributed by atoms with Gasteiger partial charge in [-0.25, -0.2) is 4.79 Å². The van der Waals surface area contributed by atoms with E-state index in [0.717, 1.165) is 35.3 Å². The molecule has 162 valence electrons. The van der Waals surface area contributed by atoms with Crippen molar-refractivity contribution in [1.29, 1.82) is 0 Å². The number of rotatable bonds is 6. The van der Waals surface area contributed by atoms with Gasteiger partial charge >= 0.3 is 6.03 Å². The molecular weight excluding hydrogens is 390 g/mol. The lowest BCUT2D eigenvalue weighted by Gasteiger charge is -2.36. The molecule has 6 heteroatoms. The summed E-state index contributed by atoms with van der Waals surface area (Å²) in [6.45, 7) is 1.74. The van der Waals surface area contributed by atoms with Crippen molar-refractivity contribution in [1.82, 2.24) is 15.5 Å². The Hall–Kier alpha value is -3.15. The molecule has 3 atom stereocenters. The second-order valence-electron chi connectivity index (χ2n) is 8.66. The summed E-state index contributed by atoms with van der Waals surface area (Å²) in [4.78, 5) is 39.8. The molecule has 1 saturated carbocycles. The van der Waals surface area contributed by atoms with Crippen molar-refractivity contribution in [3.05, 3.63) is 71.8 Å². The molecule has 1 aliphatic carbocycles. The fourth-order valence-corrected chi connectivity index (χ4v) is 4.81. The Morgan fingerprint density at radius 1 is 1.10 bits per heavy atom. The summed E-state index contributed by atoms with van der Waals surface area (Å²) in [6, 6.07) is 19.0. The minimum absolute atomic E-state index is 0.0703. The Balaban J connectivity index is 1.47. The van der Waals surface area contributed by atoms with Crippen LogP contribution in [0.5, 0.6) is 0 Å². The van der Waals surface area contributed by atoms with E-state index in [-0.39, 0.29) is 30.3 Å². The molecular formula is C25H29N3O3. The first-order valence-electron chi connectivity index (χ1n) is 11.0. The monoisotopic (exact) mass is 419 g/mol. The van der Waals surface area contributed by atoms with Gasteiger partial charge in [0.1, 0.15) is 12.1 Å². The van der Waals surface area contributed by atoms with Gasteiger partial charge in [-0.2, -0.15) is 0 Å². The second kappa shape index (κ2) is 8.92. The minimum atomic E-state index is -0.849. The van der Waals surface area contributed by atoms with Crippen molar-refractivity contribution in [3.63, 3.8) is 0 Å². The van der Waals surface area contributed by atoms with E-state index in [0.29, 0.717) is 12.8 Å². The molecule has 2 aromatic rings. The Morgan fingerprint density at radius 2 is 1.77 bits per heavy atom. The van der Waals surface area contributed by atoms with Gasteiger partial charge in [-0.15, -0.1) is 0 Å². The van der Waals surface area contributed by atoms with Gasteiger partial charge in [-0.05, 0) is 36.3 Å². The Kier molecular flexibility index (Phi) is 6.07. The van der Waals surface area contributed by atoms with Crippen LogP contribution in [0.15, 0.2) is 60.7 Å². The van der Waals surface area contributed by atoms with E-state index in [9.17, 15) is 14.4 Å². The summed E-state index contributed by atoms with van der Waals surface area (Å²) in [5.41, 5.74) is 1.23. The highest BCUT2D eigenvalue weighted by Gasteiger charge is 2.55. The van der Waals surface area contributed by atoms with Crippen LogP contribution in [0.4, 0.5) is 4.79 Å². The number of nitrogens with one attached hydrogen (secondary N) is 2. The SMILES string of the molecule is CC1CCCCC12NC(=O)N(CC(=O)NC(Cc1ccccc1)c1ccccc1)C2=O. The van der Waals surface area contributed by atoms with Crippen molar-refractivity contribution in [2.45, 2.75) is 50.6 Å². The number of hydrogen-bond donors (Lipinski definition) is 2. The van der Waals surface area contributed by atoms with Gasteiger partial charge in [0.05, 0.1) is 6.04 Å². The van der Waals surface area contributed by atoms with Crippen LogP contribution in [-0.4, -0.2) is 34.8 Å². The molecule has 2 N–H and O–H groups in total. The summed E-state index contributed by atoms with van der Waals surface area (Å²) in [5.74, 6) is -0.533. The fraction of sp³-hybridized carbons (Fsp3) is 0.400. The molecule has 1 heterocycles. The maximum atomic E-state index is 13.1. The molecule has 0 bridgehead atoms. The van der Waals surface area contributed by atoms with Gasteiger partial charge in [0.2, 0.25) is 5.91 Å². The van der Waals surface area contributed by atoms with Gasteiger partial charge in [0, 0.05) is 0 Å². The zero-order valence-electron chi connectivity index (χ0n) is 17.8. The standard InChI is InChI=1S/C25H29N3O3/c1-18-10-8-9-15-25(18)23(30)28(24(31)27-25)17-22(29)26-21(20-13-6-3-7-14-20)16-19-11-4-2-5-12-19/h2-7,11-14,18,21H,8-10,15-17H2,1H3,(H,26,29)(H,27,31). The predicted octanol–water partition coefficient (Wildman–Crippen LogP) is 3.59. The van der Waals surface area contributed by atoms with Crippen LogP contribution in [0.1, 0.15) is 49.8 Å². The van der Waals surface area contributed by atoms with E-state index in [4.69, 9.17) is 0 Å². The number of carbonyl (C=O) groups excluding carboxylic acids is 3. The maximum absolute atomic E-state index is 13.1. The lowest BCUT2D eigenvalue weighted by molar-refractivity contribution is -0.137. The molecule has 1 saturated heterocycles. The number of amides is 4. The lowest BCUT2D eigenvalue weighted by Crippen LogP contribution is -2.54. The van der Waals surface area contributed by atoms with E-state index < -0.39 is 11.6 Å². The summed E-state index contributed by atoms with van der Waals surface area (Å²) in [5, 5.41) is 5.95. The smallest absolute Gasteiger partial charge is 0.325 e. The van der Waals surface area contributed by atoms with Gasteiger partial charge in [0.15, 0.2) is 0 Å². The van der Waals surface area contributed by atoms with Crippen LogP contribution < -0.4 is 10.6 Å². The van der Waals surface area contributed by atoms with E-state index >= 15 is 0 Å². The predicted molar refractivity (Wildman–Crippen MR) is 118 cm³/mol. The number of nitrogens with zero attached hydrogens (tertiary/aromatic N) is 1. The molecule has 3 unspecified atom stereocenters. The summed E-state index contributed by atoms with van der Waals surface area (Å²) >= 11 is 0. The molecule has 0 aromatic heterocycles. The molecule has 6 nitrogen and oxygen atoms in total. The van der Waals surface area contributed by atoms with Gasteiger partial charge in [0.25, 0.3) is 5.91 Å². The molecule has 4 rings (SSSR count). The highest BCUT2D eigenvalue weighted by Crippen LogP contribution is 2.38. The molecule has 0 radical (unpaired) electrons. The third kappa shape index (κ3) is 4.33. The van der Waals surface area contributed by atoms with Crippen molar-refractivity contribution in [3.8, 4) is 0 Å². The van der Waals surface area contributed by atoms with Crippen molar-refractivity contribution in [2.24, 2.45) is 5.92 Å². The second-order valence-corrected chi connectivity index (χ2v) is 8.66. The van der Waals surface area contributed by atoms with Crippen LogP contribution in [0.25, 0.3) is 0 Å². The number of hydrogen-bond acceptors (Lipinski definition) is 3. The zero-order chi connectivity index (χ0) is 21.8. The van der Waals surface area contributed by atoms with E-state index in [2.05, 4.69) is 10.6 Å². The number of imide groups is 1. The maximum Gasteiger partial charge on any atom is 0.325 e. The van der Waals surface area contributed by atoms with Gasteiger partial charge < -0.3 is 10.6 Å². The van der Waals surface area contributed by atoms with Crippen LogP contribution >= 0.6 is 0 Å². The number of benzene rings is 2. The Bertz CT molecular complexity index is 947. The molecule has 31 heavy (non-hydrogen) atoms. The van der Waals surface area contributed by atoms with Crippen molar-refractivity contribution >= 4 is 17.8 Å². The van der Waals surface area contributed by atoms with E-state index in [1.807, 2.05) is 67.6 Å². The molecule has 2 aliphatic rings. The number of carbonyl (C=O) groups is 3. The third-order valence-corrected chi connectivity index (χ3v) is 6.62. The summed E-state index contributed by atoms with van der Waals surface area (Å²) in [6.07, 6.45) is 4.13. The average Bonchev–Trinajstić information content (AvgIpc) is 3.01. The van der Waals surface area contributed by atoms with Crippen LogP contribution in [0.2, 0.25) is 0 Å². The number of urea groups is 1. The van der Waals surface area contributed by atoms with E-state index in [1.165, 1.54) is 0 Å². The first-order valence-corrected chi connectivity index (χ1v) is 11.0. The highest BCUT2D eigenvalue weighted by molar-refractivity contribution is 6.09. The topological polar surface area (TPSA) is 78.5 Å². The van der Waals surface area contributed by atoms with Crippen molar-refractivity contribution < 1.29 is 14.4 Å². The molecule has 2 fully saturated rings. The van der Waals surface area contributed by atoms with Gasteiger partial charge in [-0.3, -0.25) is 14.5 Å². The normalized spacial score (nSPS) is 24.2. The van der Waals surface area contributed by atoms with Gasteiger partial charge in [-0.1, -0.05) is 80.4 Å². The Labute approximate surface area is 183 Å². The summed E-state index contributed by atoms with van der Waals surface area (Å²) in [7, 11) is 0. The summed E-state index contributed by atoms with van der Waals surface area (Å²) < 4.78 is 0. The Morgan fingerprint density at radius 3 is 2.45 bits per heavy atom. The molecule has 1 spiro atoms. The molecule has 4 amide bonds. The van der Waals surface area contributed by atoms with Crippen LogP contribution in [0.3, 0.4) is 0 Å².